The Morgan fingerprint density at radius 1 is 1.46 bits per heavy atom. The second-order valence-electron chi connectivity index (χ2n) is 8.47. The van der Waals surface area contributed by atoms with Gasteiger partial charge in [-0.2, -0.15) is 5.26 Å². The highest BCUT2D eigenvalue weighted by molar-refractivity contribution is 6.74. The van der Waals surface area contributed by atoms with Gasteiger partial charge in [0.15, 0.2) is 8.32 Å². The number of hydrogen-bond acceptors (Lipinski definition) is 7. The summed E-state index contributed by atoms with van der Waals surface area (Å²) in [6.45, 7) is 11.2. The van der Waals surface area contributed by atoms with Crippen molar-refractivity contribution >= 4 is 14.3 Å². The Hall–Kier alpha value is -2.22. The lowest BCUT2D eigenvalue weighted by Gasteiger charge is -2.40. The number of nitrogens with one attached hydrogen (secondary N) is 1. The van der Waals surface area contributed by atoms with Crippen molar-refractivity contribution in [3.05, 3.63) is 33.1 Å². The summed E-state index contributed by atoms with van der Waals surface area (Å²) in [4.78, 5) is 37.0. The largest absolute Gasteiger partial charge is 0.462 e. The molecule has 0 radical (unpaired) electrons. The van der Waals surface area contributed by atoms with E-state index in [0.717, 1.165) is 0 Å². The highest BCUT2D eigenvalue weighted by Gasteiger charge is 2.55. The average Bonchev–Trinajstić information content (AvgIpc) is 2.90. The lowest BCUT2D eigenvalue weighted by molar-refractivity contribution is -0.153. The molecule has 2 rings (SSSR count). The zero-order chi connectivity index (χ0) is 21.3. The van der Waals surface area contributed by atoms with Crippen LogP contribution in [-0.4, -0.2) is 42.1 Å². The maximum absolute atomic E-state index is 12.2. The first-order chi connectivity index (χ1) is 12.8. The summed E-state index contributed by atoms with van der Waals surface area (Å²) < 4.78 is 18.6. The quantitative estimate of drug-likeness (QED) is 0.579. The third kappa shape index (κ3) is 4.43. The molecule has 1 aromatic rings. The monoisotopic (exact) mass is 409 g/mol. The second kappa shape index (κ2) is 7.65. The Morgan fingerprint density at radius 3 is 2.61 bits per heavy atom. The maximum atomic E-state index is 12.2. The van der Waals surface area contributed by atoms with Gasteiger partial charge in [-0.1, -0.05) is 20.8 Å². The number of aromatic amines is 1. The fourth-order valence-electron chi connectivity index (χ4n) is 2.71. The van der Waals surface area contributed by atoms with Crippen LogP contribution < -0.4 is 11.2 Å². The molecule has 0 bridgehead atoms. The summed E-state index contributed by atoms with van der Waals surface area (Å²) >= 11 is 0. The molecular formula is C18H27N3O6Si. The van der Waals surface area contributed by atoms with E-state index >= 15 is 0 Å². The van der Waals surface area contributed by atoms with Crippen LogP contribution >= 0.6 is 0 Å². The Bertz CT molecular complexity index is 894. The predicted molar refractivity (Wildman–Crippen MR) is 103 cm³/mol. The normalized spacial score (nSPS) is 25.3. The molecule has 28 heavy (non-hydrogen) atoms. The van der Waals surface area contributed by atoms with Gasteiger partial charge in [-0.15, -0.1) is 0 Å². The molecule has 9 nitrogen and oxygen atoms in total. The van der Waals surface area contributed by atoms with Gasteiger partial charge in [0.1, 0.15) is 18.9 Å². The molecule has 154 valence electrons. The predicted octanol–water partition coefficient (Wildman–Crippen LogP) is 1.67. The van der Waals surface area contributed by atoms with Gasteiger partial charge >= 0.3 is 11.7 Å². The van der Waals surface area contributed by atoms with Crippen LogP contribution in [0.2, 0.25) is 18.1 Å². The number of esters is 1. The average molecular weight is 410 g/mol. The zero-order valence-corrected chi connectivity index (χ0v) is 18.1. The lowest BCUT2D eigenvalue weighted by atomic mass is 10.00. The summed E-state index contributed by atoms with van der Waals surface area (Å²) in [5.74, 6) is -0.547. The molecule has 3 atom stereocenters. The molecule has 1 N–H and O–H groups in total. The van der Waals surface area contributed by atoms with Crippen molar-refractivity contribution in [2.45, 2.75) is 70.2 Å². The van der Waals surface area contributed by atoms with Crippen LogP contribution in [0.5, 0.6) is 0 Å². The van der Waals surface area contributed by atoms with Gasteiger partial charge in [-0.05, 0) is 18.1 Å². The fraction of sp³-hybridized carbons (Fsp3) is 0.667. The van der Waals surface area contributed by atoms with E-state index in [4.69, 9.17) is 13.9 Å². The molecule has 0 unspecified atom stereocenters. The summed E-state index contributed by atoms with van der Waals surface area (Å²) in [6, 6.07) is 3.30. The smallest absolute Gasteiger partial charge is 0.330 e. The molecule has 1 fully saturated rings. The number of nitrogens with zero attached hydrogens (tertiary/aromatic N) is 2. The van der Waals surface area contributed by atoms with Gasteiger partial charge in [0.2, 0.25) is 5.60 Å². The van der Waals surface area contributed by atoms with E-state index in [1.165, 1.54) is 23.8 Å². The van der Waals surface area contributed by atoms with Crippen LogP contribution in [0.3, 0.4) is 0 Å². The summed E-state index contributed by atoms with van der Waals surface area (Å²) in [7, 11) is -2.30. The van der Waals surface area contributed by atoms with Gasteiger partial charge in [0.25, 0.3) is 5.56 Å². The van der Waals surface area contributed by atoms with E-state index in [0.29, 0.717) is 0 Å². The zero-order valence-electron chi connectivity index (χ0n) is 17.1. The van der Waals surface area contributed by atoms with Crippen LogP contribution in [0.15, 0.2) is 21.9 Å². The maximum Gasteiger partial charge on any atom is 0.330 e. The van der Waals surface area contributed by atoms with Gasteiger partial charge in [-0.3, -0.25) is 19.1 Å². The first-order valence-electron chi connectivity index (χ1n) is 9.03. The summed E-state index contributed by atoms with van der Waals surface area (Å²) in [5, 5.41) is 9.78. The van der Waals surface area contributed by atoms with Crippen molar-refractivity contribution in [2.24, 2.45) is 0 Å². The molecule has 0 aromatic carbocycles. The molecule has 0 aliphatic carbocycles. The molecular weight excluding hydrogens is 382 g/mol. The molecule has 0 saturated carbocycles. The Morgan fingerprint density at radius 2 is 2.11 bits per heavy atom. The summed E-state index contributed by atoms with van der Waals surface area (Å²) in [6.07, 6.45) is -0.0298. The number of aromatic nitrogens is 2. The van der Waals surface area contributed by atoms with Crippen LogP contribution in [0.4, 0.5) is 0 Å². The molecule has 2 heterocycles. The van der Waals surface area contributed by atoms with Crippen molar-refractivity contribution in [2.75, 3.05) is 6.61 Å². The molecule has 1 aromatic heterocycles. The van der Waals surface area contributed by atoms with E-state index in [2.05, 4.69) is 31.8 Å². The topological polar surface area (TPSA) is 123 Å². The number of nitriles is 1. The minimum absolute atomic E-state index is 0.122. The van der Waals surface area contributed by atoms with Crippen molar-refractivity contribution in [1.29, 1.82) is 5.26 Å². The first-order valence-corrected chi connectivity index (χ1v) is 11.9. The molecule has 10 heteroatoms. The lowest BCUT2D eigenvalue weighted by Crippen LogP contribution is -2.52. The number of hydrogen-bond donors (Lipinski definition) is 1. The highest BCUT2D eigenvalue weighted by atomic mass is 28.4. The molecule has 1 aliphatic heterocycles. The number of carbonyl (C=O) groups is 1. The number of carbonyl (C=O) groups excluding carboxylic acids is 1. The van der Waals surface area contributed by atoms with Crippen molar-refractivity contribution in [1.82, 2.24) is 9.55 Å². The van der Waals surface area contributed by atoms with E-state index in [-0.39, 0.29) is 18.1 Å². The third-order valence-electron chi connectivity index (χ3n) is 5.37. The van der Waals surface area contributed by atoms with Gasteiger partial charge < -0.3 is 13.9 Å². The molecule has 1 aliphatic rings. The number of rotatable bonds is 5. The first kappa shape index (κ1) is 22.1. The Labute approximate surface area is 164 Å². The second-order valence-corrected chi connectivity index (χ2v) is 13.2. The van der Waals surface area contributed by atoms with Crippen LogP contribution in [0, 0.1) is 11.3 Å². The van der Waals surface area contributed by atoms with Crippen LogP contribution in [-0.2, 0) is 18.7 Å². The minimum atomic E-state index is -2.30. The van der Waals surface area contributed by atoms with E-state index in [9.17, 15) is 19.6 Å². The number of H-pyrrole nitrogens is 1. The molecule has 0 spiro atoms. The summed E-state index contributed by atoms with van der Waals surface area (Å²) in [5.41, 5.74) is -2.73. The van der Waals surface area contributed by atoms with Crippen LogP contribution in [0.1, 0.15) is 40.3 Å². The Kier molecular flexibility index (Phi) is 6.03. The van der Waals surface area contributed by atoms with E-state index in [1.807, 2.05) is 13.1 Å². The van der Waals surface area contributed by atoms with Crippen LogP contribution in [0.25, 0.3) is 0 Å². The van der Waals surface area contributed by atoms with E-state index in [1.54, 1.807) is 0 Å². The molecule has 0 amide bonds. The van der Waals surface area contributed by atoms with Gasteiger partial charge in [0, 0.05) is 25.6 Å². The standard InChI is InChI=1S/C18H27N3O6Si/c1-12(22)25-11-18(10-19)13(27-28(5,6)17(2,3)4)9-15(26-18)21-8-7-14(23)20-16(21)24/h7-8,13,15H,9,11H2,1-6H3,(H,20,23,24)/t13-,15+,18+/m0/s1. The SMILES string of the molecule is CC(=O)OC[C@@]1(C#N)O[C@@H](n2ccc(=O)[nH]c2=O)C[C@@H]1O[Si](C)(C)C(C)(C)C. The highest BCUT2D eigenvalue weighted by Crippen LogP contribution is 2.44. The van der Waals surface area contributed by atoms with Gasteiger partial charge in [0.05, 0.1) is 6.10 Å². The van der Waals surface area contributed by atoms with Gasteiger partial charge in [-0.25, -0.2) is 4.79 Å². The van der Waals surface area contributed by atoms with Crippen molar-refractivity contribution in [3.63, 3.8) is 0 Å². The third-order valence-corrected chi connectivity index (χ3v) is 9.85. The van der Waals surface area contributed by atoms with Crippen molar-refractivity contribution in [3.8, 4) is 6.07 Å². The fourth-order valence-corrected chi connectivity index (χ4v) is 4.06. The van der Waals surface area contributed by atoms with Crippen molar-refractivity contribution < 1.29 is 18.7 Å². The molecule has 1 saturated heterocycles. The Balaban J connectivity index is 2.43. The minimum Gasteiger partial charge on any atom is -0.462 e. The van der Waals surface area contributed by atoms with E-state index < -0.39 is 43.5 Å². The number of ether oxygens (including phenoxy) is 2.